The Kier molecular flexibility index (Phi) is 7.87. The van der Waals surface area contributed by atoms with Crippen molar-refractivity contribution in [3.63, 3.8) is 0 Å². The highest BCUT2D eigenvalue weighted by molar-refractivity contribution is 5.94. The second-order valence-electron chi connectivity index (χ2n) is 9.44. The SMILES string of the molecule is CNC(=O)Nc1ccc(-c2nc(N3CCOCC3)c3cnn(C4CCN(C(=O)CC(=O)OC)CC4)c3n2)cc1. The molecule has 2 aliphatic rings. The van der Waals surface area contributed by atoms with Crippen molar-refractivity contribution >= 4 is 40.4 Å². The zero-order valence-electron chi connectivity index (χ0n) is 22.1. The Balaban J connectivity index is 1.44. The molecule has 0 bridgehead atoms. The minimum Gasteiger partial charge on any atom is -0.469 e. The van der Waals surface area contributed by atoms with Crippen LogP contribution in [0.5, 0.6) is 0 Å². The van der Waals surface area contributed by atoms with Crippen molar-refractivity contribution in [3.05, 3.63) is 30.5 Å². The molecule has 206 valence electrons. The van der Waals surface area contributed by atoms with Gasteiger partial charge in [0.25, 0.3) is 0 Å². The predicted molar refractivity (Wildman–Crippen MR) is 143 cm³/mol. The van der Waals surface area contributed by atoms with Crippen LogP contribution in [-0.4, -0.2) is 96.1 Å². The van der Waals surface area contributed by atoms with Crippen molar-refractivity contribution in [1.29, 1.82) is 0 Å². The fourth-order valence-corrected chi connectivity index (χ4v) is 4.89. The van der Waals surface area contributed by atoms with E-state index in [-0.39, 0.29) is 24.4 Å². The van der Waals surface area contributed by atoms with E-state index in [1.54, 1.807) is 11.9 Å². The molecule has 2 aliphatic heterocycles. The Hall–Kier alpha value is -4.26. The highest BCUT2D eigenvalue weighted by Crippen LogP contribution is 2.32. The van der Waals surface area contributed by atoms with Crippen molar-refractivity contribution in [3.8, 4) is 11.4 Å². The topological polar surface area (TPSA) is 144 Å². The van der Waals surface area contributed by atoms with E-state index in [4.69, 9.17) is 19.8 Å². The molecule has 2 saturated heterocycles. The van der Waals surface area contributed by atoms with E-state index in [2.05, 4.69) is 20.3 Å². The zero-order chi connectivity index (χ0) is 27.4. The molecule has 0 unspecified atom stereocenters. The number of urea groups is 1. The lowest BCUT2D eigenvalue weighted by molar-refractivity contribution is -0.147. The van der Waals surface area contributed by atoms with Crippen molar-refractivity contribution in [2.75, 3.05) is 63.8 Å². The van der Waals surface area contributed by atoms with Crippen LogP contribution in [-0.2, 0) is 19.1 Å². The smallest absolute Gasteiger partial charge is 0.318 e. The Morgan fingerprint density at radius 2 is 1.77 bits per heavy atom. The van der Waals surface area contributed by atoms with Gasteiger partial charge in [0.1, 0.15) is 12.2 Å². The highest BCUT2D eigenvalue weighted by Gasteiger charge is 2.28. The summed E-state index contributed by atoms with van der Waals surface area (Å²) >= 11 is 0. The summed E-state index contributed by atoms with van der Waals surface area (Å²) in [5.41, 5.74) is 2.20. The van der Waals surface area contributed by atoms with E-state index in [1.165, 1.54) is 7.11 Å². The normalized spacial score (nSPS) is 16.3. The van der Waals surface area contributed by atoms with Crippen LogP contribution in [0.3, 0.4) is 0 Å². The molecule has 13 heteroatoms. The first-order valence-corrected chi connectivity index (χ1v) is 13.0. The second-order valence-corrected chi connectivity index (χ2v) is 9.44. The van der Waals surface area contributed by atoms with Gasteiger partial charge < -0.3 is 29.9 Å². The Labute approximate surface area is 225 Å². The second kappa shape index (κ2) is 11.6. The van der Waals surface area contributed by atoms with Gasteiger partial charge >= 0.3 is 12.0 Å². The third-order valence-electron chi connectivity index (χ3n) is 7.06. The molecule has 0 saturated carbocycles. The summed E-state index contributed by atoms with van der Waals surface area (Å²) in [5, 5.41) is 10.9. The monoisotopic (exact) mass is 536 g/mol. The summed E-state index contributed by atoms with van der Waals surface area (Å²) in [6.45, 7) is 3.71. The summed E-state index contributed by atoms with van der Waals surface area (Å²) in [6.07, 6.45) is 2.95. The number of benzene rings is 1. The standard InChI is InChI=1S/C26H32N8O5/c1-27-26(37)29-18-5-3-17(4-6-18)23-30-24(33-11-13-39-14-12-33)20-16-28-34(25(20)31-23)19-7-9-32(10-8-19)21(35)15-22(36)38-2/h3-6,16,19H,7-15H2,1-2H3,(H2,27,29,37). The van der Waals surface area contributed by atoms with Gasteiger partial charge in [-0.15, -0.1) is 0 Å². The molecule has 3 amide bonds. The summed E-state index contributed by atoms with van der Waals surface area (Å²) in [6, 6.07) is 7.13. The van der Waals surface area contributed by atoms with Crippen molar-refractivity contribution < 1.29 is 23.9 Å². The quantitative estimate of drug-likeness (QED) is 0.356. The lowest BCUT2D eigenvalue weighted by Crippen LogP contribution is -2.40. The van der Waals surface area contributed by atoms with E-state index >= 15 is 0 Å². The maximum atomic E-state index is 12.4. The Morgan fingerprint density at radius 1 is 1.05 bits per heavy atom. The van der Waals surface area contributed by atoms with Crippen LogP contribution in [0.15, 0.2) is 30.5 Å². The van der Waals surface area contributed by atoms with E-state index in [0.717, 1.165) is 22.4 Å². The summed E-state index contributed by atoms with van der Waals surface area (Å²) in [4.78, 5) is 49.4. The van der Waals surface area contributed by atoms with Gasteiger partial charge in [0.05, 0.1) is 37.9 Å². The molecule has 5 rings (SSSR count). The molecule has 0 atom stereocenters. The third-order valence-corrected chi connectivity index (χ3v) is 7.06. The molecule has 13 nitrogen and oxygen atoms in total. The molecular weight excluding hydrogens is 504 g/mol. The number of likely N-dealkylation sites (tertiary alicyclic amines) is 1. The third kappa shape index (κ3) is 5.77. The largest absolute Gasteiger partial charge is 0.469 e. The number of nitrogens with zero attached hydrogens (tertiary/aromatic N) is 6. The molecule has 4 heterocycles. The van der Waals surface area contributed by atoms with Gasteiger partial charge in [0, 0.05) is 44.5 Å². The van der Waals surface area contributed by atoms with Crippen LogP contribution >= 0.6 is 0 Å². The van der Waals surface area contributed by atoms with Gasteiger partial charge in [0.15, 0.2) is 11.5 Å². The number of hydrogen-bond acceptors (Lipinski definition) is 9. The molecule has 0 aliphatic carbocycles. The first-order chi connectivity index (χ1) is 19.0. The molecule has 2 N–H and O–H groups in total. The highest BCUT2D eigenvalue weighted by atomic mass is 16.5. The fourth-order valence-electron chi connectivity index (χ4n) is 4.89. The van der Waals surface area contributed by atoms with Crippen LogP contribution < -0.4 is 15.5 Å². The van der Waals surface area contributed by atoms with Crippen LogP contribution in [0.25, 0.3) is 22.4 Å². The van der Waals surface area contributed by atoms with Gasteiger partial charge in [-0.2, -0.15) is 5.10 Å². The average molecular weight is 537 g/mol. The molecule has 3 aromatic rings. The van der Waals surface area contributed by atoms with Crippen LogP contribution in [0.4, 0.5) is 16.3 Å². The van der Waals surface area contributed by atoms with Gasteiger partial charge in [-0.1, -0.05) is 0 Å². The molecule has 0 spiro atoms. The molecule has 39 heavy (non-hydrogen) atoms. The summed E-state index contributed by atoms with van der Waals surface area (Å²) < 4.78 is 12.1. The number of morpholine rings is 1. The minimum absolute atomic E-state index is 0.0455. The van der Waals surface area contributed by atoms with E-state index < -0.39 is 5.97 Å². The van der Waals surface area contributed by atoms with Gasteiger partial charge in [-0.25, -0.2) is 19.4 Å². The Bertz CT molecular complexity index is 1340. The van der Waals surface area contributed by atoms with Crippen LogP contribution in [0.1, 0.15) is 25.3 Å². The van der Waals surface area contributed by atoms with Crippen molar-refractivity contribution in [2.24, 2.45) is 0 Å². The zero-order valence-corrected chi connectivity index (χ0v) is 22.1. The number of piperidine rings is 1. The first-order valence-electron chi connectivity index (χ1n) is 13.0. The number of ether oxygens (including phenoxy) is 2. The molecule has 2 fully saturated rings. The number of nitrogens with one attached hydrogen (secondary N) is 2. The molecule has 2 aromatic heterocycles. The number of carbonyl (C=O) groups excluding carboxylic acids is 3. The van der Waals surface area contributed by atoms with Crippen LogP contribution in [0.2, 0.25) is 0 Å². The number of aromatic nitrogens is 4. The van der Waals surface area contributed by atoms with E-state index in [9.17, 15) is 14.4 Å². The Morgan fingerprint density at radius 3 is 2.44 bits per heavy atom. The van der Waals surface area contributed by atoms with E-state index in [1.807, 2.05) is 35.1 Å². The number of carbonyl (C=O) groups is 3. The summed E-state index contributed by atoms with van der Waals surface area (Å²) in [5.74, 6) is 0.613. The lowest BCUT2D eigenvalue weighted by atomic mass is 10.0. The number of rotatable bonds is 6. The average Bonchev–Trinajstić information content (AvgIpc) is 3.41. The lowest BCUT2D eigenvalue weighted by Gasteiger charge is -2.32. The number of anilines is 2. The predicted octanol–water partition coefficient (Wildman–Crippen LogP) is 1.81. The molecule has 1 aromatic carbocycles. The van der Waals surface area contributed by atoms with Gasteiger partial charge in [0.2, 0.25) is 5.91 Å². The maximum Gasteiger partial charge on any atom is 0.318 e. The van der Waals surface area contributed by atoms with Crippen LogP contribution in [0, 0.1) is 0 Å². The first kappa shape index (κ1) is 26.4. The van der Waals surface area contributed by atoms with Gasteiger partial charge in [-0.3, -0.25) is 9.59 Å². The number of amides is 3. The van der Waals surface area contributed by atoms with Crippen molar-refractivity contribution in [1.82, 2.24) is 30.0 Å². The van der Waals surface area contributed by atoms with E-state index in [0.29, 0.717) is 63.7 Å². The molecule has 0 radical (unpaired) electrons. The minimum atomic E-state index is -0.530. The number of esters is 1. The number of fused-ring (bicyclic) bond motifs is 1. The van der Waals surface area contributed by atoms with Crippen molar-refractivity contribution in [2.45, 2.75) is 25.3 Å². The maximum absolute atomic E-state index is 12.4. The summed E-state index contributed by atoms with van der Waals surface area (Å²) in [7, 11) is 2.84. The van der Waals surface area contributed by atoms with Gasteiger partial charge in [-0.05, 0) is 37.1 Å². The fraction of sp³-hybridized carbons (Fsp3) is 0.462. The molecular formula is C26H32N8O5. The number of methoxy groups -OCH3 is 1. The number of hydrogen-bond donors (Lipinski definition) is 2.